The fraction of sp³-hybridized carbons (Fsp3) is 0.471. The Morgan fingerprint density at radius 2 is 2.09 bits per heavy atom. The van der Waals surface area contributed by atoms with Crippen LogP contribution in [0.1, 0.15) is 29.8 Å². The van der Waals surface area contributed by atoms with Gasteiger partial charge in [-0.15, -0.1) is 0 Å². The summed E-state index contributed by atoms with van der Waals surface area (Å²) in [4.78, 5) is 29.0. The van der Waals surface area contributed by atoms with Crippen molar-refractivity contribution in [2.24, 2.45) is 5.41 Å². The van der Waals surface area contributed by atoms with Gasteiger partial charge in [0.1, 0.15) is 0 Å². The van der Waals surface area contributed by atoms with E-state index in [-0.39, 0.29) is 17.2 Å². The normalized spacial score (nSPS) is 24.8. The quantitative estimate of drug-likeness (QED) is 0.870. The molecule has 2 fully saturated rings. The van der Waals surface area contributed by atoms with E-state index in [1.165, 1.54) is 0 Å². The van der Waals surface area contributed by atoms with Crippen LogP contribution in [-0.2, 0) is 4.79 Å². The van der Waals surface area contributed by atoms with Crippen molar-refractivity contribution in [3.05, 3.63) is 30.0 Å². The topological polar surface area (TPSA) is 69.3 Å². The molecule has 1 aromatic carbocycles. The van der Waals surface area contributed by atoms with Crippen LogP contribution in [0.4, 0.5) is 0 Å². The number of H-pyrrole nitrogens is 1. The smallest absolute Gasteiger partial charge is 0.275 e. The van der Waals surface area contributed by atoms with E-state index in [1.807, 2.05) is 31.3 Å². The van der Waals surface area contributed by atoms with Gasteiger partial charge in [0.2, 0.25) is 5.91 Å². The molecule has 120 valence electrons. The van der Waals surface area contributed by atoms with E-state index >= 15 is 0 Å². The lowest BCUT2D eigenvalue weighted by Crippen LogP contribution is -2.48. The van der Waals surface area contributed by atoms with Crippen LogP contribution in [0, 0.1) is 5.41 Å². The Morgan fingerprint density at radius 3 is 2.96 bits per heavy atom. The van der Waals surface area contributed by atoms with Crippen molar-refractivity contribution < 1.29 is 9.59 Å². The van der Waals surface area contributed by atoms with Crippen molar-refractivity contribution in [1.82, 2.24) is 20.0 Å². The van der Waals surface area contributed by atoms with E-state index in [2.05, 4.69) is 10.2 Å². The minimum Gasteiger partial charge on any atom is -0.345 e. The molecule has 1 N–H and O–H groups in total. The second-order valence-electron chi connectivity index (χ2n) is 6.71. The summed E-state index contributed by atoms with van der Waals surface area (Å²) in [6.07, 6.45) is 2.64. The number of fused-ring (bicyclic) bond motifs is 1. The predicted octanol–water partition coefficient (Wildman–Crippen LogP) is 1.65. The third-order valence-electron chi connectivity index (χ3n) is 5.26. The lowest BCUT2D eigenvalue weighted by molar-refractivity contribution is -0.143. The number of carbonyl (C=O) groups excluding carboxylic acids is 2. The number of nitrogens with one attached hydrogen (secondary N) is 1. The maximum Gasteiger partial charge on any atom is 0.275 e. The molecule has 2 amide bonds. The molecule has 6 nitrogen and oxygen atoms in total. The van der Waals surface area contributed by atoms with Crippen LogP contribution in [0.15, 0.2) is 24.3 Å². The summed E-state index contributed by atoms with van der Waals surface area (Å²) in [5.74, 6) is 0.103. The molecule has 3 heterocycles. The molecule has 6 heteroatoms. The molecule has 1 unspecified atom stereocenters. The summed E-state index contributed by atoms with van der Waals surface area (Å²) in [7, 11) is 1.86. The lowest BCUT2D eigenvalue weighted by Gasteiger charge is -2.37. The molecule has 1 aromatic heterocycles. The van der Waals surface area contributed by atoms with Crippen LogP contribution < -0.4 is 0 Å². The fourth-order valence-electron chi connectivity index (χ4n) is 3.97. The van der Waals surface area contributed by atoms with Crippen molar-refractivity contribution in [3.8, 4) is 0 Å². The maximum absolute atomic E-state index is 12.9. The highest BCUT2D eigenvalue weighted by atomic mass is 16.2. The van der Waals surface area contributed by atoms with Crippen molar-refractivity contribution in [2.45, 2.75) is 19.3 Å². The monoisotopic (exact) mass is 312 g/mol. The lowest BCUT2D eigenvalue weighted by atomic mass is 9.78. The SMILES string of the molecule is CN1CCCC2(CCN(C(=O)c3n[nH]c4ccccc34)C2)C1=O. The van der Waals surface area contributed by atoms with Gasteiger partial charge in [-0.3, -0.25) is 14.7 Å². The average Bonchev–Trinajstić information content (AvgIpc) is 3.17. The minimum atomic E-state index is -0.380. The third-order valence-corrected chi connectivity index (χ3v) is 5.26. The number of rotatable bonds is 1. The number of likely N-dealkylation sites (tertiary alicyclic amines) is 2. The molecular formula is C17H20N4O2. The first-order chi connectivity index (χ1) is 11.1. The van der Waals surface area contributed by atoms with Crippen LogP contribution >= 0.6 is 0 Å². The molecule has 1 spiro atoms. The summed E-state index contributed by atoms with van der Waals surface area (Å²) in [5.41, 5.74) is 0.932. The van der Waals surface area contributed by atoms with Crippen molar-refractivity contribution in [3.63, 3.8) is 0 Å². The second kappa shape index (κ2) is 5.08. The molecule has 23 heavy (non-hydrogen) atoms. The molecule has 0 radical (unpaired) electrons. The Labute approximate surface area is 134 Å². The largest absolute Gasteiger partial charge is 0.345 e. The highest BCUT2D eigenvalue weighted by Crippen LogP contribution is 2.40. The number of carbonyl (C=O) groups is 2. The molecule has 2 saturated heterocycles. The number of nitrogens with zero attached hydrogens (tertiary/aromatic N) is 3. The van der Waals surface area contributed by atoms with Crippen LogP contribution in [-0.4, -0.2) is 58.5 Å². The number of para-hydroxylation sites is 1. The Bertz CT molecular complexity index is 784. The van der Waals surface area contributed by atoms with Gasteiger partial charge in [0.25, 0.3) is 5.91 Å². The Morgan fingerprint density at radius 1 is 1.26 bits per heavy atom. The zero-order valence-electron chi connectivity index (χ0n) is 13.2. The van der Waals surface area contributed by atoms with Gasteiger partial charge in [-0.05, 0) is 25.3 Å². The predicted molar refractivity (Wildman–Crippen MR) is 85.9 cm³/mol. The first-order valence-corrected chi connectivity index (χ1v) is 8.09. The number of amides is 2. The van der Waals surface area contributed by atoms with Gasteiger partial charge in [-0.1, -0.05) is 18.2 Å². The van der Waals surface area contributed by atoms with Crippen LogP contribution in [0.5, 0.6) is 0 Å². The van der Waals surface area contributed by atoms with Crippen molar-refractivity contribution in [1.29, 1.82) is 0 Å². The standard InChI is InChI=1S/C17H20N4O2/c1-20-9-4-7-17(16(20)23)8-10-21(11-17)15(22)14-12-5-2-3-6-13(12)18-19-14/h2-3,5-6H,4,7-11H2,1H3,(H,18,19). The Balaban J connectivity index is 1.60. The van der Waals surface area contributed by atoms with E-state index in [0.717, 1.165) is 36.7 Å². The molecule has 2 aliphatic rings. The second-order valence-corrected chi connectivity index (χ2v) is 6.71. The van der Waals surface area contributed by atoms with E-state index < -0.39 is 0 Å². The molecule has 0 saturated carbocycles. The highest BCUT2D eigenvalue weighted by Gasteiger charge is 2.48. The minimum absolute atomic E-state index is 0.0830. The number of hydrogen-bond acceptors (Lipinski definition) is 3. The summed E-state index contributed by atoms with van der Waals surface area (Å²) < 4.78 is 0. The van der Waals surface area contributed by atoms with Gasteiger partial charge in [-0.25, -0.2) is 0 Å². The average molecular weight is 312 g/mol. The molecule has 1 atom stereocenters. The third kappa shape index (κ3) is 2.12. The van der Waals surface area contributed by atoms with Gasteiger partial charge in [0.05, 0.1) is 10.9 Å². The van der Waals surface area contributed by atoms with Crippen molar-refractivity contribution in [2.75, 3.05) is 26.7 Å². The summed E-state index contributed by atoms with van der Waals surface area (Å²) in [6, 6.07) is 7.62. The zero-order valence-corrected chi connectivity index (χ0v) is 13.2. The van der Waals surface area contributed by atoms with E-state index in [9.17, 15) is 9.59 Å². The summed E-state index contributed by atoms with van der Waals surface area (Å²) >= 11 is 0. The molecule has 2 aliphatic heterocycles. The van der Waals surface area contributed by atoms with Crippen LogP contribution in [0.2, 0.25) is 0 Å². The van der Waals surface area contributed by atoms with Gasteiger partial charge in [-0.2, -0.15) is 5.10 Å². The highest BCUT2D eigenvalue weighted by molar-refractivity contribution is 6.05. The maximum atomic E-state index is 12.9. The number of hydrogen-bond donors (Lipinski definition) is 1. The van der Waals surface area contributed by atoms with Crippen LogP contribution in [0.3, 0.4) is 0 Å². The number of piperidine rings is 1. The van der Waals surface area contributed by atoms with Gasteiger partial charge in [0.15, 0.2) is 5.69 Å². The molecule has 0 bridgehead atoms. The number of aromatic nitrogens is 2. The van der Waals surface area contributed by atoms with Crippen LogP contribution in [0.25, 0.3) is 10.9 Å². The first-order valence-electron chi connectivity index (χ1n) is 8.09. The number of aromatic amines is 1. The van der Waals surface area contributed by atoms with E-state index in [4.69, 9.17) is 0 Å². The fourth-order valence-corrected chi connectivity index (χ4v) is 3.97. The van der Waals surface area contributed by atoms with Gasteiger partial charge in [0, 0.05) is 32.1 Å². The van der Waals surface area contributed by atoms with Gasteiger partial charge >= 0.3 is 0 Å². The summed E-state index contributed by atoms with van der Waals surface area (Å²) in [6.45, 7) is 1.95. The number of benzene rings is 1. The van der Waals surface area contributed by atoms with Gasteiger partial charge < -0.3 is 9.80 Å². The van der Waals surface area contributed by atoms with Crippen molar-refractivity contribution >= 4 is 22.7 Å². The Kier molecular flexibility index (Phi) is 3.14. The molecule has 4 rings (SSSR count). The first kappa shape index (κ1) is 14.2. The van der Waals surface area contributed by atoms with E-state index in [0.29, 0.717) is 18.8 Å². The van der Waals surface area contributed by atoms with E-state index in [1.54, 1.807) is 9.80 Å². The zero-order chi connectivity index (χ0) is 16.0. The Hall–Kier alpha value is -2.37. The summed E-state index contributed by atoms with van der Waals surface area (Å²) in [5, 5.41) is 7.94. The molecular weight excluding hydrogens is 292 g/mol. The molecule has 2 aromatic rings. The molecule has 0 aliphatic carbocycles.